The number of nitrogen functional groups attached to an aromatic ring is 1. The van der Waals surface area contributed by atoms with Crippen LogP contribution in [0, 0.1) is 0 Å². The maximum atomic E-state index is 11.9. The van der Waals surface area contributed by atoms with Crippen LogP contribution in [0.5, 0.6) is 0 Å². The zero-order valence-corrected chi connectivity index (χ0v) is 12.7. The van der Waals surface area contributed by atoms with Crippen LogP contribution in [0.3, 0.4) is 0 Å². The number of carbonyl (C=O) groups excluding carboxylic acids is 1. The third-order valence-corrected chi connectivity index (χ3v) is 4.05. The number of thiophene rings is 1. The summed E-state index contributed by atoms with van der Waals surface area (Å²) in [7, 11) is 1.97. The van der Waals surface area contributed by atoms with Crippen molar-refractivity contribution >= 4 is 27.9 Å². The van der Waals surface area contributed by atoms with Crippen LogP contribution in [-0.2, 0) is 13.5 Å². The Balaban J connectivity index is 1.91. The van der Waals surface area contributed by atoms with E-state index in [0.29, 0.717) is 17.1 Å². The van der Waals surface area contributed by atoms with Gasteiger partial charge in [-0.05, 0) is 6.07 Å². The van der Waals surface area contributed by atoms with Crippen molar-refractivity contribution in [2.45, 2.75) is 6.42 Å². The van der Waals surface area contributed by atoms with Crippen LogP contribution in [0.15, 0.2) is 31.1 Å². The number of nitrogens with zero attached hydrogens (tertiary/aromatic N) is 2. The number of carbonyl (C=O) groups is 1. The Morgan fingerprint density at radius 3 is 3.10 bits per heavy atom. The van der Waals surface area contributed by atoms with E-state index in [0.717, 1.165) is 23.8 Å². The summed E-state index contributed by atoms with van der Waals surface area (Å²) in [6.07, 6.45) is 6.13. The number of amides is 1. The molecule has 0 fully saturated rings. The first-order chi connectivity index (χ1) is 10.1. The number of nitrogens with one attached hydrogen (secondary N) is 2. The highest BCUT2D eigenvalue weighted by molar-refractivity contribution is 7.18. The van der Waals surface area contributed by atoms with Crippen molar-refractivity contribution in [2.75, 3.05) is 24.1 Å². The van der Waals surface area contributed by atoms with Crippen molar-refractivity contribution in [2.24, 2.45) is 7.05 Å². The Morgan fingerprint density at radius 2 is 2.43 bits per heavy atom. The molecule has 6 nitrogen and oxygen atoms in total. The van der Waals surface area contributed by atoms with Gasteiger partial charge in [0.2, 0.25) is 0 Å². The van der Waals surface area contributed by atoms with E-state index in [1.54, 1.807) is 18.3 Å². The first-order valence-corrected chi connectivity index (χ1v) is 7.42. The van der Waals surface area contributed by atoms with Gasteiger partial charge in [0.25, 0.3) is 5.91 Å². The van der Waals surface area contributed by atoms with E-state index in [4.69, 9.17) is 5.73 Å². The summed E-state index contributed by atoms with van der Waals surface area (Å²) < 4.78 is 1.98. The molecule has 4 N–H and O–H groups in total. The molecule has 0 aromatic carbocycles. The number of hydrogen-bond donors (Lipinski definition) is 3. The van der Waals surface area contributed by atoms with E-state index in [1.165, 1.54) is 11.3 Å². The second-order valence-electron chi connectivity index (χ2n) is 4.52. The molecule has 112 valence electrons. The van der Waals surface area contributed by atoms with Gasteiger partial charge < -0.3 is 20.9 Å². The van der Waals surface area contributed by atoms with Crippen LogP contribution in [-0.4, -0.2) is 28.5 Å². The van der Waals surface area contributed by atoms with E-state index < -0.39 is 0 Å². The quantitative estimate of drug-likeness (QED) is 0.679. The first kappa shape index (κ1) is 15.1. The van der Waals surface area contributed by atoms with Crippen molar-refractivity contribution in [3.8, 4) is 0 Å². The van der Waals surface area contributed by atoms with Crippen LogP contribution >= 0.6 is 11.3 Å². The van der Waals surface area contributed by atoms with Gasteiger partial charge in [0.05, 0.1) is 10.7 Å². The zero-order valence-electron chi connectivity index (χ0n) is 11.9. The predicted octanol–water partition coefficient (Wildman–Crippen LogP) is 1.63. The first-order valence-electron chi connectivity index (χ1n) is 6.60. The van der Waals surface area contributed by atoms with Gasteiger partial charge in [-0.3, -0.25) is 4.79 Å². The van der Waals surface area contributed by atoms with Crippen molar-refractivity contribution in [1.82, 2.24) is 14.9 Å². The van der Waals surface area contributed by atoms with Gasteiger partial charge in [0, 0.05) is 39.0 Å². The van der Waals surface area contributed by atoms with Gasteiger partial charge in [-0.2, -0.15) is 0 Å². The Kier molecular flexibility index (Phi) is 4.99. The Bertz CT molecular complexity index is 631. The number of hydrogen-bond acceptors (Lipinski definition) is 5. The number of anilines is 2. The molecule has 0 bridgehead atoms. The lowest BCUT2D eigenvalue weighted by Gasteiger charge is -2.03. The molecule has 0 aliphatic rings. The normalized spacial score (nSPS) is 10.3. The molecule has 0 saturated heterocycles. The largest absolute Gasteiger partial charge is 0.397 e. The molecule has 0 spiro atoms. The van der Waals surface area contributed by atoms with Crippen LogP contribution in [0.4, 0.5) is 10.7 Å². The molecule has 1 amide bonds. The van der Waals surface area contributed by atoms with Crippen LogP contribution < -0.4 is 16.4 Å². The highest BCUT2D eigenvalue weighted by Gasteiger charge is 2.13. The Morgan fingerprint density at radius 1 is 1.62 bits per heavy atom. The molecule has 0 unspecified atom stereocenters. The molecule has 21 heavy (non-hydrogen) atoms. The average Bonchev–Trinajstić information content (AvgIpc) is 3.03. The van der Waals surface area contributed by atoms with Gasteiger partial charge in [0.15, 0.2) is 0 Å². The van der Waals surface area contributed by atoms with Gasteiger partial charge in [-0.25, -0.2) is 4.98 Å². The maximum absolute atomic E-state index is 11.9. The van der Waals surface area contributed by atoms with E-state index in [9.17, 15) is 4.79 Å². The monoisotopic (exact) mass is 305 g/mol. The SMILES string of the molecule is C=CCNC(=O)c1sc(NCCc2nccn2C)cc1N. The Labute approximate surface area is 127 Å². The number of aromatic nitrogens is 2. The number of imidazole rings is 1. The number of rotatable bonds is 7. The minimum absolute atomic E-state index is 0.172. The minimum atomic E-state index is -0.172. The van der Waals surface area contributed by atoms with Crippen LogP contribution in [0.1, 0.15) is 15.5 Å². The smallest absolute Gasteiger partial charge is 0.263 e. The predicted molar refractivity (Wildman–Crippen MR) is 86.7 cm³/mol. The van der Waals surface area contributed by atoms with E-state index >= 15 is 0 Å². The number of nitrogens with two attached hydrogens (primary N) is 1. The van der Waals surface area contributed by atoms with Gasteiger partial charge in [0.1, 0.15) is 10.7 Å². The highest BCUT2D eigenvalue weighted by atomic mass is 32.1. The van der Waals surface area contributed by atoms with Crippen molar-refractivity contribution < 1.29 is 4.79 Å². The molecule has 0 saturated carbocycles. The van der Waals surface area contributed by atoms with Gasteiger partial charge in [-0.15, -0.1) is 17.9 Å². The summed E-state index contributed by atoms with van der Waals surface area (Å²) in [5.41, 5.74) is 6.36. The standard InChI is InChI=1S/C14H19N5OS/c1-3-5-18-14(20)13-10(15)9-12(21-13)17-6-4-11-16-7-8-19(11)2/h3,7-9,17H,1,4-6,15H2,2H3,(H,18,20). The van der Waals surface area contributed by atoms with Crippen LogP contribution in [0.25, 0.3) is 0 Å². The summed E-state index contributed by atoms with van der Waals surface area (Å²) in [6.45, 7) is 4.73. The highest BCUT2D eigenvalue weighted by Crippen LogP contribution is 2.28. The average molecular weight is 305 g/mol. The lowest BCUT2D eigenvalue weighted by atomic mass is 10.3. The van der Waals surface area contributed by atoms with Gasteiger partial charge >= 0.3 is 0 Å². The maximum Gasteiger partial charge on any atom is 0.263 e. The molecular formula is C14H19N5OS. The molecule has 0 atom stereocenters. The topological polar surface area (TPSA) is 85.0 Å². The fraction of sp³-hybridized carbons (Fsp3) is 0.286. The number of aryl methyl sites for hydroxylation is 1. The molecule has 0 aliphatic carbocycles. The summed E-state index contributed by atoms with van der Waals surface area (Å²) in [5, 5.41) is 6.87. The minimum Gasteiger partial charge on any atom is -0.397 e. The summed E-state index contributed by atoms with van der Waals surface area (Å²) in [5.74, 6) is 0.838. The summed E-state index contributed by atoms with van der Waals surface area (Å²) in [4.78, 5) is 16.7. The van der Waals surface area contributed by atoms with E-state index in [-0.39, 0.29) is 5.91 Å². The third kappa shape index (κ3) is 3.85. The lowest BCUT2D eigenvalue weighted by molar-refractivity contribution is 0.0963. The second kappa shape index (κ2) is 6.94. The zero-order chi connectivity index (χ0) is 15.2. The fourth-order valence-corrected chi connectivity index (χ4v) is 2.77. The molecule has 2 aromatic heterocycles. The second-order valence-corrected chi connectivity index (χ2v) is 5.58. The molecule has 7 heteroatoms. The molecule has 2 rings (SSSR count). The van der Waals surface area contributed by atoms with Crippen LogP contribution in [0.2, 0.25) is 0 Å². The molecule has 2 aromatic rings. The third-order valence-electron chi connectivity index (χ3n) is 2.94. The Hall–Kier alpha value is -2.28. The fourth-order valence-electron chi connectivity index (χ4n) is 1.85. The molecular weight excluding hydrogens is 286 g/mol. The van der Waals surface area contributed by atoms with E-state index in [1.807, 2.05) is 17.8 Å². The van der Waals surface area contributed by atoms with E-state index in [2.05, 4.69) is 22.2 Å². The van der Waals surface area contributed by atoms with Crippen molar-refractivity contribution in [1.29, 1.82) is 0 Å². The summed E-state index contributed by atoms with van der Waals surface area (Å²) in [6, 6.07) is 1.78. The summed E-state index contributed by atoms with van der Waals surface area (Å²) >= 11 is 1.35. The van der Waals surface area contributed by atoms with Crippen molar-refractivity contribution in [3.63, 3.8) is 0 Å². The lowest BCUT2D eigenvalue weighted by Crippen LogP contribution is -2.22. The van der Waals surface area contributed by atoms with Gasteiger partial charge in [-0.1, -0.05) is 6.08 Å². The molecule has 0 radical (unpaired) electrons. The van der Waals surface area contributed by atoms with Crippen molar-refractivity contribution in [3.05, 3.63) is 41.8 Å². The molecule has 2 heterocycles. The molecule has 0 aliphatic heterocycles.